The van der Waals surface area contributed by atoms with Gasteiger partial charge in [-0.1, -0.05) is 36.4 Å². The van der Waals surface area contributed by atoms with Crippen LogP contribution in [0.3, 0.4) is 0 Å². The zero-order valence-electron chi connectivity index (χ0n) is 16.5. The molecule has 1 aromatic heterocycles. The number of likely N-dealkylation sites (tertiary alicyclic amines) is 1. The summed E-state index contributed by atoms with van der Waals surface area (Å²) in [5, 5.41) is 11.6. The molecule has 28 heavy (non-hydrogen) atoms. The van der Waals surface area contributed by atoms with E-state index in [9.17, 15) is 5.11 Å². The van der Waals surface area contributed by atoms with Crippen LogP contribution in [0.2, 0.25) is 0 Å². The summed E-state index contributed by atoms with van der Waals surface area (Å²) in [5.74, 6) is 0.910. The molecule has 0 spiro atoms. The number of piperidine rings is 1. The summed E-state index contributed by atoms with van der Waals surface area (Å²) in [6.07, 6.45) is 5.24. The van der Waals surface area contributed by atoms with Gasteiger partial charge in [-0.05, 0) is 67.5 Å². The monoisotopic (exact) mass is 372 g/mol. The highest BCUT2D eigenvalue weighted by molar-refractivity contribution is 5.87. The van der Waals surface area contributed by atoms with Crippen molar-refractivity contribution < 1.29 is 5.11 Å². The molecular weight excluding hydrogens is 344 g/mol. The minimum Gasteiger partial charge on any atom is -0.508 e. The standard InChI is InChI=1S/C25H28N2O/c1-3-11-27-12-10-25(18-7-5-8-20(28)13-18)15-23-22(14-19(25)16-27)21-9-4-6-17(2)24(21)26-23/h3-9,13,19,26,28H,1,10-12,14-16H2,2H3/t19?,25-/m1/s1. The number of para-hydroxylation sites is 1. The average molecular weight is 373 g/mol. The third-order valence-electron chi connectivity index (χ3n) is 7.12. The molecule has 3 heteroatoms. The Kier molecular flexibility index (Phi) is 4.09. The van der Waals surface area contributed by atoms with Crippen molar-refractivity contribution in [3.05, 3.63) is 77.5 Å². The van der Waals surface area contributed by atoms with E-state index in [1.807, 2.05) is 18.2 Å². The van der Waals surface area contributed by atoms with Gasteiger partial charge in [0.15, 0.2) is 0 Å². The highest BCUT2D eigenvalue weighted by Crippen LogP contribution is 2.49. The van der Waals surface area contributed by atoms with Gasteiger partial charge in [-0.25, -0.2) is 0 Å². The molecular formula is C25H28N2O. The third kappa shape index (κ3) is 2.61. The molecule has 1 aliphatic carbocycles. The number of nitrogens with zero attached hydrogens (tertiary/aromatic N) is 1. The zero-order chi connectivity index (χ0) is 19.3. The first kappa shape index (κ1) is 17.6. The number of aromatic nitrogens is 1. The number of aryl methyl sites for hydroxylation is 1. The second-order valence-electron chi connectivity index (χ2n) is 8.66. The average Bonchev–Trinajstić information content (AvgIpc) is 3.05. The maximum atomic E-state index is 10.2. The number of aromatic hydroxyl groups is 1. The van der Waals surface area contributed by atoms with E-state index in [0.29, 0.717) is 11.7 Å². The highest BCUT2D eigenvalue weighted by atomic mass is 16.3. The number of H-pyrrole nitrogens is 1. The largest absolute Gasteiger partial charge is 0.508 e. The van der Waals surface area contributed by atoms with Crippen LogP contribution in [0.1, 0.15) is 28.8 Å². The summed E-state index contributed by atoms with van der Waals surface area (Å²) in [7, 11) is 0. The molecule has 2 heterocycles. The molecule has 0 saturated carbocycles. The molecule has 1 unspecified atom stereocenters. The van der Waals surface area contributed by atoms with Crippen molar-refractivity contribution in [1.82, 2.24) is 9.88 Å². The Balaban J connectivity index is 1.65. The van der Waals surface area contributed by atoms with Crippen LogP contribution in [0.25, 0.3) is 10.9 Å². The second kappa shape index (κ2) is 6.52. The molecule has 2 N–H and O–H groups in total. The van der Waals surface area contributed by atoms with E-state index in [1.165, 1.54) is 33.3 Å². The van der Waals surface area contributed by atoms with E-state index in [1.54, 1.807) is 6.07 Å². The van der Waals surface area contributed by atoms with Gasteiger partial charge in [0.2, 0.25) is 0 Å². The highest BCUT2D eigenvalue weighted by Gasteiger charge is 2.47. The lowest BCUT2D eigenvalue weighted by Gasteiger charge is -2.51. The number of phenolic OH excluding ortho intramolecular Hbond substituents is 1. The van der Waals surface area contributed by atoms with Crippen LogP contribution < -0.4 is 0 Å². The van der Waals surface area contributed by atoms with Crippen molar-refractivity contribution >= 4 is 10.9 Å². The minimum absolute atomic E-state index is 0.0815. The molecule has 2 atom stereocenters. The van der Waals surface area contributed by atoms with Crippen LogP contribution in [0.5, 0.6) is 5.75 Å². The molecule has 0 bridgehead atoms. The van der Waals surface area contributed by atoms with E-state index in [-0.39, 0.29) is 5.41 Å². The van der Waals surface area contributed by atoms with Crippen molar-refractivity contribution in [2.24, 2.45) is 5.92 Å². The van der Waals surface area contributed by atoms with Crippen molar-refractivity contribution in [1.29, 1.82) is 0 Å². The van der Waals surface area contributed by atoms with Crippen molar-refractivity contribution in [2.75, 3.05) is 19.6 Å². The van der Waals surface area contributed by atoms with Crippen LogP contribution in [-0.2, 0) is 18.3 Å². The van der Waals surface area contributed by atoms with Crippen molar-refractivity contribution in [3.63, 3.8) is 0 Å². The number of rotatable bonds is 3. The van der Waals surface area contributed by atoms with Crippen molar-refractivity contribution in [3.8, 4) is 5.75 Å². The molecule has 144 valence electrons. The molecule has 2 aliphatic rings. The van der Waals surface area contributed by atoms with E-state index < -0.39 is 0 Å². The summed E-state index contributed by atoms with van der Waals surface area (Å²) in [4.78, 5) is 6.30. The molecule has 3 aromatic rings. The Hall–Kier alpha value is -2.52. The summed E-state index contributed by atoms with van der Waals surface area (Å²) in [6, 6.07) is 14.6. The summed E-state index contributed by atoms with van der Waals surface area (Å²) in [6.45, 7) is 9.24. The second-order valence-corrected chi connectivity index (χ2v) is 8.66. The minimum atomic E-state index is 0.0815. The number of benzene rings is 2. The third-order valence-corrected chi connectivity index (χ3v) is 7.12. The molecule has 1 saturated heterocycles. The van der Waals surface area contributed by atoms with E-state index in [0.717, 1.165) is 38.9 Å². The number of hydrogen-bond acceptors (Lipinski definition) is 2. The lowest BCUT2D eigenvalue weighted by molar-refractivity contribution is 0.0896. The molecule has 0 radical (unpaired) electrons. The smallest absolute Gasteiger partial charge is 0.115 e. The Morgan fingerprint density at radius 3 is 2.96 bits per heavy atom. The summed E-state index contributed by atoms with van der Waals surface area (Å²) in [5.41, 5.74) is 6.87. The van der Waals surface area contributed by atoms with Gasteiger partial charge in [0.25, 0.3) is 0 Å². The number of nitrogens with one attached hydrogen (secondary N) is 1. The summed E-state index contributed by atoms with van der Waals surface area (Å²) >= 11 is 0. The maximum Gasteiger partial charge on any atom is 0.115 e. The molecule has 2 aromatic carbocycles. The van der Waals surface area contributed by atoms with E-state index in [4.69, 9.17) is 0 Å². The predicted molar refractivity (Wildman–Crippen MR) is 115 cm³/mol. The number of aromatic amines is 1. The van der Waals surface area contributed by atoms with Crippen LogP contribution in [0.15, 0.2) is 55.1 Å². The predicted octanol–water partition coefficient (Wildman–Crippen LogP) is 4.73. The van der Waals surface area contributed by atoms with Crippen LogP contribution in [0, 0.1) is 12.8 Å². The lowest BCUT2D eigenvalue weighted by atomic mass is 9.58. The fraction of sp³-hybridized carbons (Fsp3) is 0.360. The normalized spacial score (nSPS) is 24.7. The zero-order valence-corrected chi connectivity index (χ0v) is 16.5. The van der Waals surface area contributed by atoms with Gasteiger partial charge in [0.1, 0.15) is 5.75 Å². The first-order valence-electron chi connectivity index (χ1n) is 10.3. The van der Waals surface area contributed by atoms with Gasteiger partial charge < -0.3 is 10.1 Å². The van der Waals surface area contributed by atoms with Gasteiger partial charge in [-0.15, -0.1) is 6.58 Å². The Morgan fingerprint density at radius 2 is 2.14 bits per heavy atom. The van der Waals surface area contributed by atoms with Gasteiger partial charge in [0, 0.05) is 35.1 Å². The number of hydrogen-bond donors (Lipinski definition) is 2. The first-order chi connectivity index (χ1) is 13.6. The molecule has 5 rings (SSSR count). The molecule has 0 amide bonds. The molecule has 3 nitrogen and oxygen atoms in total. The Labute approximate surface area is 166 Å². The summed E-state index contributed by atoms with van der Waals surface area (Å²) < 4.78 is 0. The quantitative estimate of drug-likeness (QED) is 0.653. The Morgan fingerprint density at radius 1 is 1.29 bits per heavy atom. The topological polar surface area (TPSA) is 39.3 Å². The lowest BCUT2D eigenvalue weighted by Crippen LogP contribution is -2.53. The number of phenols is 1. The molecule has 1 aliphatic heterocycles. The SMILES string of the molecule is C=CCN1CC[C@]2(c3cccc(O)c3)Cc3[nH]c4c(C)cccc4c3CC2C1. The maximum absolute atomic E-state index is 10.2. The van der Waals surface area contributed by atoms with Crippen LogP contribution in [-0.4, -0.2) is 34.6 Å². The Bertz CT molecular complexity index is 1050. The molecule has 1 fully saturated rings. The van der Waals surface area contributed by atoms with Gasteiger partial charge in [-0.2, -0.15) is 0 Å². The van der Waals surface area contributed by atoms with Gasteiger partial charge in [-0.3, -0.25) is 4.90 Å². The first-order valence-corrected chi connectivity index (χ1v) is 10.3. The fourth-order valence-electron chi connectivity index (χ4n) is 5.70. The van der Waals surface area contributed by atoms with E-state index in [2.05, 4.69) is 47.7 Å². The van der Waals surface area contributed by atoms with Gasteiger partial charge >= 0.3 is 0 Å². The van der Waals surface area contributed by atoms with Gasteiger partial charge in [0.05, 0.1) is 0 Å². The van der Waals surface area contributed by atoms with Crippen molar-refractivity contribution in [2.45, 2.75) is 31.6 Å². The van der Waals surface area contributed by atoms with Crippen LogP contribution >= 0.6 is 0 Å². The number of fused-ring (bicyclic) bond motifs is 4. The van der Waals surface area contributed by atoms with Crippen LogP contribution in [0.4, 0.5) is 0 Å². The fourth-order valence-corrected chi connectivity index (χ4v) is 5.70. The van der Waals surface area contributed by atoms with E-state index >= 15 is 0 Å².